The van der Waals surface area contributed by atoms with Crippen molar-refractivity contribution in [3.8, 4) is 0 Å². The summed E-state index contributed by atoms with van der Waals surface area (Å²) in [6.07, 6.45) is 6.06. The summed E-state index contributed by atoms with van der Waals surface area (Å²) < 4.78 is 28.6. The third-order valence-electron chi connectivity index (χ3n) is 6.76. The average molecular weight is 456 g/mol. The number of halogens is 2. The molecule has 2 atom stereocenters. The molecule has 2 unspecified atom stereocenters. The largest absolute Gasteiger partial charge is 0.316 e. The number of amides is 1. The number of hydrogen-bond acceptors (Lipinski definition) is 4. The van der Waals surface area contributed by atoms with E-state index in [0.29, 0.717) is 17.4 Å². The number of hydrogen-bond donors (Lipinski definition) is 1. The SMILES string of the molecule is O=C(CCC1CCCNC1)N1N=C(c2cc(F)ccc2F)SC12CCCc1ccccc12. The minimum atomic E-state index is -0.704. The van der Waals surface area contributed by atoms with E-state index < -0.39 is 16.5 Å². The Hall–Kier alpha value is -2.25. The highest BCUT2D eigenvalue weighted by molar-refractivity contribution is 8.15. The fourth-order valence-corrected chi connectivity index (χ4v) is 6.62. The van der Waals surface area contributed by atoms with Crippen LogP contribution in [-0.2, 0) is 16.1 Å². The molecule has 3 aliphatic rings. The summed E-state index contributed by atoms with van der Waals surface area (Å²) in [5.74, 6) is -0.606. The molecule has 1 fully saturated rings. The Balaban J connectivity index is 1.50. The van der Waals surface area contributed by atoms with Crippen LogP contribution in [0.25, 0.3) is 0 Å². The van der Waals surface area contributed by atoms with E-state index in [1.54, 1.807) is 5.01 Å². The maximum absolute atomic E-state index is 14.6. The molecule has 2 aromatic carbocycles. The summed E-state index contributed by atoms with van der Waals surface area (Å²) in [5.41, 5.74) is 2.36. The minimum absolute atomic E-state index is 0.0495. The van der Waals surface area contributed by atoms with Crippen molar-refractivity contribution in [2.45, 2.75) is 49.8 Å². The van der Waals surface area contributed by atoms with E-state index in [2.05, 4.69) is 16.5 Å². The van der Waals surface area contributed by atoms with Gasteiger partial charge in [0.2, 0.25) is 5.91 Å². The zero-order valence-corrected chi connectivity index (χ0v) is 18.8. The molecule has 1 N–H and O–H groups in total. The lowest BCUT2D eigenvalue weighted by molar-refractivity contribution is -0.135. The van der Waals surface area contributed by atoms with E-state index in [4.69, 9.17) is 0 Å². The van der Waals surface area contributed by atoms with Gasteiger partial charge in [-0.1, -0.05) is 36.0 Å². The number of thioether (sulfide) groups is 1. The highest BCUT2D eigenvalue weighted by Gasteiger charge is 2.50. The predicted octanol–water partition coefficient (Wildman–Crippen LogP) is 5.17. The molecule has 2 aliphatic heterocycles. The van der Waals surface area contributed by atoms with Crippen LogP contribution in [0.2, 0.25) is 0 Å². The number of aryl methyl sites for hydroxylation is 1. The van der Waals surface area contributed by atoms with Crippen LogP contribution in [0, 0.1) is 17.6 Å². The van der Waals surface area contributed by atoms with Crippen molar-refractivity contribution < 1.29 is 13.6 Å². The van der Waals surface area contributed by atoms with Crippen LogP contribution in [0.5, 0.6) is 0 Å². The molecular formula is C25H27F2N3OS. The second kappa shape index (κ2) is 8.94. The molecule has 1 amide bonds. The van der Waals surface area contributed by atoms with Gasteiger partial charge in [0.25, 0.3) is 0 Å². The molecule has 7 heteroatoms. The topological polar surface area (TPSA) is 44.7 Å². The number of nitrogens with one attached hydrogen (secondary N) is 1. The van der Waals surface area contributed by atoms with Crippen molar-refractivity contribution in [3.05, 3.63) is 70.8 Å². The van der Waals surface area contributed by atoms with Gasteiger partial charge in [0, 0.05) is 12.0 Å². The first kappa shape index (κ1) is 21.6. The summed E-state index contributed by atoms with van der Waals surface area (Å²) in [6, 6.07) is 11.5. The molecule has 0 radical (unpaired) electrons. The standard InChI is InChI=1S/C25H27F2N3OS/c26-19-10-11-22(27)20(15-19)24-29-30(23(31)12-9-17-5-4-14-28-16-17)25(32-24)13-3-7-18-6-1-2-8-21(18)25/h1-2,6,8,10-11,15,17,28H,3-5,7,9,12-14,16H2. The zero-order valence-electron chi connectivity index (χ0n) is 17.9. The van der Waals surface area contributed by atoms with Crippen LogP contribution in [0.3, 0.4) is 0 Å². The molecule has 168 valence electrons. The van der Waals surface area contributed by atoms with Gasteiger partial charge in [0.05, 0.1) is 0 Å². The number of carbonyl (C=O) groups is 1. The van der Waals surface area contributed by atoms with Gasteiger partial charge < -0.3 is 5.32 Å². The zero-order chi connectivity index (χ0) is 22.1. The Morgan fingerprint density at radius 1 is 1.22 bits per heavy atom. The summed E-state index contributed by atoms with van der Waals surface area (Å²) in [4.78, 5) is 12.8. The fourth-order valence-electron chi connectivity index (χ4n) is 5.13. The van der Waals surface area contributed by atoms with Gasteiger partial charge in [-0.2, -0.15) is 5.10 Å². The van der Waals surface area contributed by atoms with Gasteiger partial charge in [-0.05, 0) is 86.9 Å². The number of rotatable bonds is 4. The average Bonchev–Trinajstić information content (AvgIpc) is 3.20. The van der Waals surface area contributed by atoms with Crippen molar-refractivity contribution in [1.82, 2.24) is 10.3 Å². The number of piperidine rings is 1. The summed E-state index contributed by atoms with van der Waals surface area (Å²) in [7, 11) is 0. The Morgan fingerprint density at radius 3 is 2.94 bits per heavy atom. The molecule has 2 aromatic rings. The van der Waals surface area contributed by atoms with E-state index in [0.717, 1.165) is 69.3 Å². The minimum Gasteiger partial charge on any atom is -0.316 e. The van der Waals surface area contributed by atoms with Gasteiger partial charge in [-0.25, -0.2) is 13.8 Å². The molecule has 0 saturated carbocycles. The Labute approximate surface area is 191 Å². The number of nitrogens with zero attached hydrogens (tertiary/aromatic N) is 2. The normalized spacial score (nSPS) is 25.0. The quantitative estimate of drug-likeness (QED) is 0.692. The van der Waals surface area contributed by atoms with Crippen LogP contribution >= 0.6 is 11.8 Å². The van der Waals surface area contributed by atoms with Crippen molar-refractivity contribution in [3.63, 3.8) is 0 Å². The number of fused-ring (bicyclic) bond motifs is 2. The van der Waals surface area contributed by atoms with E-state index in [9.17, 15) is 13.6 Å². The Morgan fingerprint density at radius 2 is 2.09 bits per heavy atom. The van der Waals surface area contributed by atoms with E-state index >= 15 is 0 Å². The van der Waals surface area contributed by atoms with Crippen LogP contribution in [0.1, 0.15) is 55.2 Å². The third kappa shape index (κ3) is 3.97. The molecule has 0 aromatic heterocycles. The second-order valence-electron chi connectivity index (χ2n) is 8.88. The molecule has 1 saturated heterocycles. The lowest BCUT2D eigenvalue weighted by Crippen LogP contribution is -2.44. The maximum atomic E-state index is 14.6. The molecular weight excluding hydrogens is 428 g/mol. The second-order valence-corrected chi connectivity index (χ2v) is 10.1. The summed E-state index contributed by atoms with van der Waals surface area (Å²) in [6.45, 7) is 1.99. The van der Waals surface area contributed by atoms with Gasteiger partial charge in [-0.3, -0.25) is 4.79 Å². The van der Waals surface area contributed by atoms with Crippen molar-refractivity contribution in [2.75, 3.05) is 13.1 Å². The number of hydrazone groups is 1. The predicted molar refractivity (Wildman–Crippen MR) is 123 cm³/mol. The summed E-state index contributed by atoms with van der Waals surface area (Å²) in [5, 5.41) is 10.0. The van der Waals surface area contributed by atoms with E-state index in [1.807, 2.05) is 18.2 Å². The van der Waals surface area contributed by atoms with E-state index in [-0.39, 0.29) is 11.5 Å². The first-order valence-electron chi connectivity index (χ1n) is 11.4. The highest BCUT2D eigenvalue weighted by Crippen LogP contribution is 2.54. The lowest BCUT2D eigenvalue weighted by Gasteiger charge is -2.40. The highest BCUT2D eigenvalue weighted by atomic mass is 32.2. The van der Waals surface area contributed by atoms with Crippen molar-refractivity contribution >= 4 is 22.7 Å². The van der Waals surface area contributed by atoms with Crippen LogP contribution in [0.15, 0.2) is 47.6 Å². The first-order chi connectivity index (χ1) is 15.6. The molecule has 2 heterocycles. The van der Waals surface area contributed by atoms with Crippen LogP contribution < -0.4 is 5.32 Å². The molecule has 0 bridgehead atoms. The van der Waals surface area contributed by atoms with Crippen molar-refractivity contribution in [1.29, 1.82) is 0 Å². The molecule has 5 rings (SSSR count). The Kier molecular flexibility index (Phi) is 6.03. The van der Waals surface area contributed by atoms with Gasteiger partial charge >= 0.3 is 0 Å². The number of benzene rings is 2. The maximum Gasteiger partial charge on any atom is 0.244 e. The molecule has 4 nitrogen and oxygen atoms in total. The smallest absolute Gasteiger partial charge is 0.244 e. The van der Waals surface area contributed by atoms with E-state index in [1.165, 1.54) is 23.4 Å². The van der Waals surface area contributed by atoms with Gasteiger partial charge in [-0.15, -0.1) is 0 Å². The number of carbonyl (C=O) groups excluding carboxylic acids is 1. The molecule has 1 aliphatic carbocycles. The molecule has 32 heavy (non-hydrogen) atoms. The summed E-state index contributed by atoms with van der Waals surface area (Å²) >= 11 is 1.39. The van der Waals surface area contributed by atoms with Gasteiger partial charge in [0.1, 0.15) is 21.5 Å². The Bertz CT molecular complexity index is 1050. The fraction of sp³-hybridized carbons (Fsp3) is 0.440. The lowest BCUT2D eigenvalue weighted by atomic mass is 9.86. The van der Waals surface area contributed by atoms with Gasteiger partial charge in [0.15, 0.2) is 0 Å². The monoisotopic (exact) mass is 455 g/mol. The third-order valence-corrected chi connectivity index (χ3v) is 8.19. The van der Waals surface area contributed by atoms with Crippen LogP contribution in [0.4, 0.5) is 8.78 Å². The van der Waals surface area contributed by atoms with Crippen molar-refractivity contribution in [2.24, 2.45) is 11.0 Å². The van der Waals surface area contributed by atoms with Crippen LogP contribution in [-0.4, -0.2) is 29.0 Å². The first-order valence-corrected chi connectivity index (χ1v) is 12.2. The molecule has 1 spiro atoms.